The number of benzene rings is 1. The Labute approximate surface area is 104 Å². The number of hydrogen-bond donors (Lipinski definition) is 2. The molecule has 0 atom stereocenters. The molecule has 0 aliphatic carbocycles. The predicted molar refractivity (Wildman–Crippen MR) is 62.3 cm³/mol. The van der Waals surface area contributed by atoms with Crippen LogP contribution in [0.1, 0.15) is 15.9 Å². The summed E-state index contributed by atoms with van der Waals surface area (Å²) in [4.78, 5) is 21.9. The van der Waals surface area contributed by atoms with Crippen LogP contribution in [0.15, 0.2) is 18.2 Å². The van der Waals surface area contributed by atoms with E-state index >= 15 is 0 Å². The first-order chi connectivity index (χ1) is 8.54. The van der Waals surface area contributed by atoms with E-state index in [4.69, 9.17) is 15.1 Å². The van der Waals surface area contributed by atoms with Crippen LogP contribution in [0.5, 0.6) is 5.75 Å². The van der Waals surface area contributed by atoms with E-state index in [-0.39, 0.29) is 18.7 Å². The maximum atomic E-state index is 11.2. The van der Waals surface area contributed by atoms with Crippen molar-refractivity contribution >= 4 is 11.9 Å². The minimum Gasteiger partial charge on any atom is -0.484 e. The molecule has 0 saturated heterocycles. The second-order valence-corrected chi connectivity index (χ2v) is 3.51. The number of hydrogen-bond acceptors (Lipinski definition) is 4. The molecule has 6 heteroatoms. The van der Waals surface area contributed by atoms with E-state index < -0.39 is 11.9 Å². The van der Waals surface area contributed by atoms with E-state index in [1.54, 1.807) is 19.1 Å². The molecule has 1 amide bonds. The molecule has 0 saturated carbocycles. The third kappa shape index (κ3) is 3.79. The van der Waals surface area contributed by atoms with Gasteiger partial charge in [-0.1, -0.05) is 0 Å². The Balaban J connectivity index is 2.59. The Morgan fingerprint density at radius 1 is 1.50 bits per heavy atom. The van der Waals surface area contributed by atoms with Crippen LogP contribution in [0.25, 0.3) is 0 Å². The SMILES string of the molecule is Cc1cc(OCC(=O)NCC#N)ccc1C(=O)O. The maximum Gasteiger partial charge on any atom is 0.335 e. The lowest BCUT2D eigenvalue weighted by Crippen LogP contribution is -2.29. The van der Waals surface area contributed by atoms with Crippen LogP contribution >= 0.6 is 0 Å². The number of rotatable bonds is 5. The summed E-state index contributed by atoms with van der Waals surface area (Å²) >= 11 is 0. The maximum absolute atomic E-state index is 11.2. The van der Waals surface area contributed by atoms with E-state index in [9.17, 15) is 9.59 Å². The van der Waals surface area contributed by atoms with Crippen molar-refractivity contribution in [2.75, 3.05) is 13.2 Å². The molecule has 0 aliphatic heterocycles. The number of amides is 1. The van der Waals surface area contributed by atoms with Crippen molar-refractivity contribution in [3.05, 3.63) is 29.3 Å². The lowest BCUT2D eigenvalue weighted by atomic mass is 10.1. The summed E-state index contributed by atoms with van der Waals surface area (Å²) in [6.07, 6.45) is 0. The van der Waals surface area contributed by atoms with Gasteiger partial charge in [0.1, 0.15) is 12.3 Å². The second kappa shape index (κ2) is 6.25. The van der Waals surface area contributed by atoms with Gasteiger partial charge in [0.25, 0.3) is 5.91 Å². The van der Waals surface area contributed by atoms with Crippen molar-refractivity contribution in [2.24, 2.45) is 0 Å². The molecule has 2 N–H and O–H groups in total. The topological polar surface area (TPSA) is 99.4 Å². The van der Waals surface area contributed by atoms with Crippen molar-refractivity contribution in [3.8, 4) is 11.8 Å². The molecule has 0 spiro atoms. The molecule has 0 aliphatic rings. The molecule has 1 aromatic rings. The van der Waals surface area contributed by atoms with Crippen molar-refractivity contribution in [1.29, 1.82) is 5.26 Å². The van der Waals surface area contributed by atoms with Crippen LogP contribution in [-0.2, 0) is 4.79 Å². The van der Waals surface area contributed by atoms with Crippen LogP contribution in [0, 0.1) is 18.3 Å². The molecule has 1 rings (SSSR count). The monoisotopic (exact) mass is 248 g/mol. The number of ether oxygens (including phenoxy) is 1. The standard InChI is InChI=1S/C12H12N2O4/c1-8-6-9(2-3-10(8)12(16)17)18-7-11(15)14-5-4-13/h2-3,6H,5,7H2,1H3,(H,14,15)(H,16,17). The van der Waals surface area contributed by atoms with Gasteiger partial charge in [0, 0.05) is 0 Å². The first-order valence-electron chi connectivity index (χ1n) is 5.15. The van der Waals surface area contributed by atoms with Gasteiger partial charge in [-0.25, -0.2) is 4.79 Å². The Morgan fingerprint density at radius 3 is 2.78 bits per heavy atom. The molecule has 1 aromatic carbocycles. The molecule has 18 heavy (non-hydrogen) atoms. The minimum atomic E-state index is -1.01. The van der Waals surface area contributed by atoms with Crippen LogP contribution in [0.4, 0.5) is 0 Å². The number of carbonyl (C=O) groups excluding carboxylic acids is 1. The van der Waals surface area contributed by atoms with Gasteiger partial charge < -0.3 is 15.2 Å². The highest BCUT2D eigenvalue weighted by molar-refractivity contribution is 5.89. The molecule has 94 valence electrons. The van der Waals surface area contributed by atoms with Crippen LogP contribution < -0.4 is 10.1 Å². The van der Waals surface area contributed by atoms with Gasteiger partial charge in [-0.2, -0.15) is 5.26 Å². The number of carboxylic acid groups (broad SMARTS) is 1. The van der Waals surface area contributed by atoms with Crippen LogP contribution in [0.2, 0.25) is 0 Å². The molecule has 6 nitrogen and oxygen atoms in total. The Morgan fingerprint density at radius 2 is 2.22 bits per heavy atom. The highest BCUT2D eigenvalue weighted by atomic mass is 16.5. The van der Waals surface area contributed by atoms with Gasteiger partial charge in [0.2, 0.25) is 0 Å². The quantitative estimate of drug-likeness (QED) is 0.747. The van der Waals surface area contributed by atoms with Crippen molar-refractivity contribution in [3.63, 3.8) is 0 Å². The van der Waals surface area contributed by atoms with Gasteiger partial charge in [-0.05, 0) is 30.7 Å². The summed E-state index contributed by atoms with van der Waals surface area (Å²) in [5.74, 6) is -1.01. The largest absolute Gasteiger partial charge is 0.484 e. The summed E-state index contributed by atoms with van der Waals surface area (Å²) in [7, 11) is 0. The zero-order chi connectivity index (χ0) is 13.5. The molecule has 0 unspecified atom stereocenters. The first kappa shape index (κ1) is 13.5. The zero-order valence-corrected chi connectivity index (χ0v) is 9.77. The lowest BCUT2D eigenvalue weighted by Gasteiger charge is -2.07. The molecule has 0 bridgehead atoms. The summed E-state index contributed by atoms with van der Waals surface area (Å²) < 4.78 is 5.17. The highest BCUT2D eigenvalue weighted by Gasteiger charge is 2.08. The summed E-state index contributed by atoms with van der Waals surface area (Å²) in [5, 5.41) is 19.4. The summed E-state index contributed by atoms with van der Waals surface area (Å²) in [5.41, 5.74) is 0.744. The van der Waals surface area contributed by atoms with Crippen LogP contribution in [-0.4, -0.2) is 30.1 Å². The average Bonchev–Trinajstić information content (AvgIpc) is 2.33. The van der Waals surface area contributed by atoms with Gasteiger partial charge >= 0.3 is 5.97 Å². The minimum absolute atomic E-state index is 0.0703. The lowest BCUT2D eigenvalue weighted by molar-refractivity contribution is -0.122. The number of aromatic carboxylic acids is 1. The third-order valence-electron chi connectivity index (χ3n) is 2.16. The number of carboxylic acids is 1. The van der Waals surface area contributed by atoms with Gasteiger partial charge in [0.05, 0.1) is 11.6 Å². The van der Waals surface area contributed by atoms with Crippen molar-refractivity contribution in [1.82, 2.24) is 5.32 Å². The van der Waals surface area contributed by atoms with E-state index in [1.165, 1.54) is 12.1 Å². The predicted octanol–water partition coefficient (Wildman–Crippen LogP) is 0.712. The Bertz CT molecular complexity index is 505. The number of nitrogens with one attached hydrogen (secondary N) is 1. The fourth-order valence-electron chi connectivity index (χ4n) is 1.30. The van der Waals surface area contributed by atoms with E-state index in [0.29, 0.717) is 11.3 Å². The fraction of sp³-hybridized carbons (Fsp3) is 0.250. The smallest absolute Gasteiger partial charge is 0.335 e. The van der Waals surface area contributed by atoms with Gasteiger partial charge in [-0.3, -0.25) is 4.79 Å². The van der Waals surface area contributed by atoms with Crippen molar-refractivity contribution in [2.45, 2.75) is 6.92 Å². The van der Waals surface area contributed by atoms with E-state index in [1.807, 2.05) is 0 Å². The molecule has 0 aromatic heterocycles. The average molecular weight is 248 g/mol. The molecule has 0 heterocycles. The number of carbonyl (C=O) groups is 2. The summed E-state index contributed by atoms with van der Waals surface area (Å²) in [6, 6.07) is 6.21. The van der Waals surface area contributed by atoms with Crippen molar-refractivity contribution < 1.29 is 19.4 Å². The third-order valence-corrected chi connectivity index (χ3v) is 2.16. The zero-order valence-electron chi connectivity index (χ0n) is 9.77. The Kier molecular flexibility index (Phi) is 4.69. The van der Waals surface area contributed by atoms with E-state index in [2.05, 4.69) is 5.32 Å². The first-order valence-corrected chi connectivity index (χ1v) is 5.15. The number of aryl methyl sites for hydroxylation is 1. The van der Waals surface area contributed by atoms with E-state index in [0.717, 1.165) is 0 Å². The molecular formula is C12H12N2O4. The Hall–Kier alpha value is -2.55. The van der Waals surface area contributed by atoms with Gasteiger partial charge in [0.15, 0.2) is 6.61 Å². The van der Waals surface area contributed by atoms with Crippen LogP contribution in [0.3, 0.4) is 0 Å². The molecule has 0 fully saturated rings. The fourth-order valence-corrected chi connectivity index (χ4v) is 1.30. The normalized spacial score (nSPS) is 9.33. The summed E-state index contributed by atoms with van der Waals surface area (Å²) in [6.45, 7) is 1.36. The number of nitriles is 1. The molecular weight excluding hydrogens is 236 g/mol. The highest BCUT2D eigenvalue weighted by Crippen LogP contribution is 2.17. The molecule has 0 radical (unpaired) electrons. The second-order valence-electron chi connectivity index (χ2n) is 3.51. The van der Waals surface area contributed by atoms with Gasteiger partial charge in [-0.15, -0.1) is 0 Å². The number of nitrogens with zero attached hydrogens (tertiary/aromatic N) is 1.